The number of nitrogens with one attached hydrogen (secondary N) is 2. The number of amides is 2. The van der Waals surface area contributed by atoms with Crippen molar-refractivity contribution in [3.8, 4) is 0 Å². The molecule has 1 fully saturated rings. The first-order chi connectivity index (χ1) is 20.6. The second-order valence-electron chi connectivity index (χ2n) is 12.2. The molecule has 0 saturated carbocycles. The number of carbonyl (C=O) groups is 2. The van der Waals surface area contributed by atoms with Crippen molar-refractivity contribution in [3.05, 3.63) is 64.2 Å². The molecule has 3 rings (SSSR count). The molecule has 242 valence electrons. The van der Waals surface area contributed by atoms with Crippen LogP contribution in [-0.2, 0) is 25.8 Å². The lowest BCUT2D eigenvalue weighted by Gasteiger charge is -2.39. The first-order valence-electron chi connectivity index (χ1n) is 15.1. The summed E-state index contributed by atoms with van der Waals surface area (Å²) in [6, 6.07) is 10.2. The van der Waals surface area contributed by atoms with E-state index in [9.17, 15) is 14.8 Å². The van der Waals surface area contributed by atoms with E-state index in [1.165, 1.54) is 15.9 Å². The van der Waals surface area contributed by atoms with Crippen LogP contribution >= 0.6 is 0 Å². The van der Waals surface area contributed by atoms with Gasteiger partial charge in [-0.2, -0.15) is 0 Å². The lowest BCUT2D eigenvalue weighted by molar-refractivity contribution is -0.135. The van der Waals surface area contributed by atoms with Gasteiger partial charge in [-0.05, 0) is 53.0 Å². The minimum absolute atomic E-state index is 0.0776. The van der Waals surface area contributed by atoms with E-state index < -0.39 is 26.7 Å². The second-order valence-corrected chi connectivity index (χ2v) is 14.4. The van der Waals surface area contributed by atoms with Crippen molar-refractivity contribution in [2.45, 2.75) is 82.4 Å². The zero-order valence-corrected chi connectivity index (χ0v) is 27.6. The maximum atomic E-state index is 15.1. The van der Waals surface area contributed by atoms with E-state index in [2.05, 4.69) is 13.8 Å². The van der Waals surface area contributed by atoms with Gasteiger partial charge in [-0.3, -0.25) is 20.9 Å². The quantitative estimate of drug-likeness (QED) is 0.171. The third-order valence-electron chi connectivity index (χ3n) is 8.08. The molecule has 0 radical (unpaired) electrons. The van der Waals surface area contributed by atoms with Crippen LogP contribution in [0.2, 0.25) is 0 Å². The van der Waals surface area contributed by atoms with Gasteiger partial charge in [0.05, 0.1) is 11.5 Å². The number of rotatable bonds is 10. The van der Waals surface area contributed by atoms with Crippen molar-refractivity contribution in [1.29, 1.82) is 5.41 Å². The van der Waals surface area contributed by atoms with E-state index in [0.29, 0.717) is 22.3 Å². The number of carbonyl (C=O) groups excluding carboxylic acids is 2. The summed E-state index contributed by atoms with van der Waals surface area (Å²) in [7, 11) is -4.56. The van der Waals surface area contributed by atoms with E-state index in [1.54, 1.807) is 30.6 Å². The van der Waals surface area contributed by atoms with Crippen LogP contribution in [0.4, 0.5) is 4.79 Å². The van der Waals surface area contributed by atoms with Gasteiger partial charge in [-0.15, -0.1) is 0 Å². The molecule has 1 aliphatic heterocycles. The number of hydroxylamine groups is 1. The molecule has 2 aromatic rings. The number of ether oxygens (including phenoxy) is 1. The molecule has 1 aliphatic rings. The SMILES string of the molecule is CCOC(=O)N1CCN(C(=O)C(N)(Cc2cccc(C(=N)NO)c2)S(=O)(=O)c2c(C(C)C)cc(C(C)C)cc2C(C)C)CC1. The van der Waals surface area contributed by atoms with Gasteiger partial charge in [0.1, 0.15) is 5.84 Å². The van der Waals surface area contributed by atoms with Crippen LogP contribution in [0.15, 0.2) is 41.3 Å². The number of piperazine rings is 1. The lowest BCUT2D eigenvalue weighted by Crippen LogP contribution is -2.64. The minimum Gasteiger partial charge on any atom is -0.450 e. The summed E-state index contributed by atoms with van der Waals surface area (Å²) in [5.41, 5.74) is 11.7. The highest BCUT2D eigenvalue weighted by molar-refractivity contribution is 7.93. The molecule has 11 nitrogen and oxygen atoms in total. The van der Waals surface area contributed by atoms with E-state index in [1.807, 2.05) is 39.8 Å². The first-order valence-corrected chi connectivity index (χ1v) is 16.6. The number of nitrogens with zero attached hydrogens (tertiary/aromatic N) is 2. The van der Waals surface area contributed by atoms with Crippen LogP contribution in [0.1, 0.15) is 94.0 Å². The fraction of sp³-hybridized carbons (Fsp3) is 0.531. The van der Waals surface area contributed by atoms with Crippen molar-refractivity contribution < 1.29 is 28.0 Å². The fourth-order valence-electron chi connectivity index (χ4n) is 5.45. The summed E-state index contributed by atoms with van der Waals surface area (Å²) in [4.78, 5) is 27.3. The lowest BCUT2D eigenvalue weighted by atomic mass is 9.89. The molecule has 0 aromatic heterocycles. The number of amidine groups is 1. The third kappa shape index (κ3) is 7.08. The number of hydrogen-bond donors (Lipinski definition) is 4. The van der Waals surface area contributed by atoms with Gasteiger partial charge in [0.25, 0.3) is 5.91 Å². The molecule has 2 amide bonds. The van der Waals surface area contributed by atoms with Gasteiger partial charge < -0.3 is 20.3 Å². The Bertz CT molecular complexity index is 1450. The molecular formula is C32H47N5O6S. The molecule has 44 heavy (non-hydrogen) atoms. The van der Waals surface area contributed by atoms with Gasteiger partial charge in [-0.1, -0.05) is 71.9 Å². The summed E-state index contributed by atoms with van der Waals surface area (Å²) in [6.07, 6.45) is -0.865. The molecule has 1 saturated heterocycles. The van der Waals surface area contributed by atoms with Crippen molar-refractivity contribution >= 4 is 27.7 Å². The van der Waals surface area contributed by atoms with Crippen LogP contribution in [0.3, 0.4) is 0 Å². The standard InChI is InChI=1S/C32H47N5O6S/c1-8-43-31(39)37-14-12-36(13-15-37)30(38)32(34,19-23-10-9-11-24(16-23)29(33)35-40)44(41,42)28-26(21(4)5)17-25(20(2)3)18-27(28)22(6)7/h9-11,16-18,20-22,40H,8,12-15,19,34H2,1-7H3,(H2,33,35). The summed E-state index contributed by atoms with van der Waals surface area (Å²) in [5.74, 6) is -1.25. The van der Waals surface area contributed by atoms with Crippen molar-refractivity contribution in [1.82, 2.24) is 15.3 Å². The maximum Gasteiger partial charge on any atom is 0.409 e. The smallest absolute Gasteiger partial charge is 0.409 e. The Morgan fingerprint density at radius 2 is 1.52 bits per heavy atom. The van der Waals surface area contributed by atoms with E-state index in [-0.39, 0.29) is 67.7 Å². The Balaban J connectivity index is 2.22. The fourth-order valence-corrected chi connectivity index (χ4v) is 7.74. The monoisotopic (exact) mass is 629 g/mol. The highest BCUT2D eigenvalue weighted by Gasteiger charge is 2.52. The Hall–Kier alpha value is -3.48. The second kappa shape index (κ2) is 14.1. The summed E-state index contributed by atoms with van der Waals surface area (Å²) in [5, 5.41) is 17.2. The molecule has 5 N–H and O–H groups in total. The molecule has 0 spiro atoms. The van der Waals surface area contributed by atoms with E-state index in [4.69, 9.17) is 15.9 Å². The average Bonchev–Trinajstić information content (AvgIpc) is 2.99. The van der Waals surface area contributed by atoms with Gasteiger partial charge >= 0.3 is 6.09 Å². The highest BCUT2D eigenvalue weighted by Crippen LogP contribution is 2.40. The Morgan fingerprint density at radius 1 is 0.977 bits per heavy atom. The Morgan fingerprint density at radius 3 is 2.00 bits per heavy atom. The molecule has 1 heterocycles. The van der Waals surface area contributed by atoms with E-state index in [0.717, 1.165) is 5.56 Å². The van der Waals surface area contributed by atoms with Gasteiger partial charge in [-0.25, -0.2) is 13.2 Å². The van der Waals surface area contributed by atoms with Gasteiger partial charge in [0, 0.05) is 38.2 Å². The molecule has 2 aromatic carbocycles. The Labute approximate surface area is 261 Å². The molecule has 1 unspecified atom stereocenters. The van der Waals surface area contributed by atoms with Gasteiger partial charge in [0.15, 0.2) is 0 Å². The predicted octanol–water partition coefficient (Wildman–Crippen LogP) is 4.33. The van der Waals surface area contributed by atoms with Crippen LogP contribution < -0.4 is 11.2 Å². The molecule has 12 heteroatoms. The summed E-state index contributed by atoms with van der Waals surface area (Å²) >= 11 is 0. The highest BCUT2D eigenvalue weighted by atomic mass is 32.2. The summed E-state index contributed by atoms with van der Waals surface area (Å²) < 4.78 is 35.2. The number of benzene rings is 2. The Kier molecular flexibility index (Phi) is 11.2. The topological polar surface area (TPSA) is 166 Å². The van der Waals surface area contributed by atoms with E-state index >= 15 is 8.42 Å². The normalized spacial score (nSPS) is 15.5. The van der Waals surface area contributed by atoms with Crippen LogP contribution in [0.5, 0.6) is 0 Å². The van der Waals surface area contributed by atoms with Crippen molar-refractivity contribution in [2.75, 3.05) is 32.8 Å². The zero-order chi connectivity index (χ0) is 33.0. The number of hydrogen-bond acceptors (Lipinski definition) is 8. The van der Waals surface area contributed by atoms with Gasteiger partial charge in [0.2, 0.25) is 14.7 Å². The minimum atomic E-state index is -4.56. The third-order valence-corrected chi connectivity index (χ3v) is 10.4. The van der Waals surface area contributed by atoms with Crippen LogP contribution in [0.25, 0.3) is 0 Å². The largest absolute Gasteiger partial charge is 0.450 e. The molecule has 0 bridgehead atoms. The summed E-state index contributed by atoms with van der Waals surface area (Å²) in [6.45, 7) is 14.3. The first kappa shape index (κ1) is 35.0. The zero-order valence-electron chi connectivity index (χ0n) is 26.8. The number of sulfone groups is 1. The van der Waals surface area contributed by atoms with Crippen molar-refractivity contribution in [2.24, 2.45) is 5.73 Å². The average molecular weight is 630 g/mol. The molecule has 0 aliphatic carbocycles. The number of nitrogens with two attached hydrogens (primary N) is 1. The van der Waals surface area contributed by atoms with Crippen LogP contribution in [-0.4, -0.2) is 78.9 Å². The predicted molar refractivity (Wildman–Crippen MR) is 170 cm³/mol. The van der Waals surface area contributed by atoms with Crippen molar-refractivity contribution in [3.63, 3.8) is 0 Å². The van der Waals surface area contributed by atoms with Crippen LogP contribution in [0, 0.1) is 5.41 Å². The maximum absolute atomic E-state index is 15.1. The molecule has 1 atom stereocenters. The molecular weight excluding hydrogens is 582 g/mol.